The standard InChI is InChI=1S/C18H25N5O3S/c1-13-18(14(2)20-19-13)27(25,26)21-16-6-4-15(5-7-16)17(24)12-23-10-8-22(3)9-11-23/h4-7,21H,8-12H2,1-3H3,(H,19,20). The number of sulfonamides is 1. The number of piperazine rings is 1. The van der Waals surface area contributed by atoms with E-state index >= 15 is 0 Å². The van der Waals surface area contributed by atoms with Crippen LogP contribution < -0.4 is 4.72 Å². The molecule has 8 nitrogen and oxygen atoms in total. The number of likely N-dealkylation sites (N-methyl/N-ethyl adjacent to an activating group) is 1. The summed E-state index contributed by atoms with van der Waals surface area (Å²) < 4.78 is 27.7. The van der Waals surface area contributed by atoms with Gasteiger partial charge in [-0.15, -0.1) is 0 Å². The fourth-order valence-corrected chi connectivity index (χ4v) is 4.60. The van der Waals surface area contributed by atoms with Crippen LogP contribution in [-0.4, -0.2) is 74.0 Å². The highest BCUT2D eigenvalue weighted by Gasteiger charge is 2.22. The lowest BCUT2D eigenvalue weighted by atomic mass is 10.1. The van der Waals surface area contributed by atoms with Gasteiger partial charge in [-0.05, 0) is 45.2 Å². The molecule has 1 aliphatic rings. The summed E-state index contributed by atoms with van der Waals surface area (Å²) in [7, 11) is -1.66. The van der Waals surface area contributed by atoms with Crippen LogP contribution in [0.25, 0.3) is 0 Å². The Balaban J connectivity index is 1.66. The van der Waals surface area contributed by atoms with Crippen molar-refractivity contribution in [1.29, 1.82) is 0 Å². The molecule has 0 radical (unpaired) electrons. The van der Waals surface area contributed by atoms with Crippen molar-refractivity contribution in [3.63, 3.8) is 0 Å². The smallest absolute Gasteiger partial charge is 0.265 e. The summed E-state index contributed by atoms with van der Waals surface area (Å²) in [5.41, 5.74) is 1.89. The van der Waals surface area contributed by atoms with E-state index < -0.39 is 10.0 Å². The Kier molecular flexibility index (Phi) is 5.64. The van der Waals surface area contributed by atoms with Gasteiger partial charge in [0, 0.05) is 37.4 Å². The normalized spacial score (nSPS) is 16.4. The van der Waals surface area contributed by atoms with Crippen molar-refractivity contribution in [2.45, 2.75) is 18.7 Å². The zero-order chi connectivity index (χ0) is 19.6. The largest absolute Gasteiger partial charge is 0.304 e. The molecule has 1 aromatic heterocycles. The van der Waals surface area contributed by atoms with Crippen LogP contribution in [-0.2, 0) is 10.0 Å². The number of aromatic nitrogens is 2. The van der Waals surface area contributed by atoms with Crippen LogP contribution in [0, 0.1) is 13.8 Å². The first kappa shape index (κ1) is 19.5. The van der Waals surface area contributed by atoms with Crippen LogP contribution in [0.5, 0.6) is 0 Å². The zero-order valence-electron chi connectivity index (χ0n) is 15.8. The highest BCUT2D eigenvalue weighted by atomic mass is 32.2. The molecule has 9 heteroatoms. The van der Waals surface area contributed by atoms with Gasteiger partial charge in [-0.25, -0.2) is 8.42 Å². The molecule has 0 atom stereocenters. The van der Waals surface area contributed by atoms with Crippen molar-refractivity contribution >= 4 is 21.5 Å². The molecule has 0 amide bonds. The van der Waals surface area contributed by atoms with E-state index in [1.807, 2.05) is 0 Å². The highest BCUT2D eigenvalue weighted by Crippen LogP contribution is 2.21. The van der Waals surface area contributed by atoms with Gasteiger partial charge in [0.2, 0.25) is 0 Å². The van der Waals surface area contributed by atoms with Crippen molar-refractivity contribution in [2.24, 2.45) is 0 Å². The van der Waals surface area contributed by atoms with Crippen LogP contribution in [0.3, 0.4) is 0 Å². The Hall–Kier alpha value is -2.23. The van der Waals surface area contributed by atoms with Crippen molar-refractivity contribution in [3.05, 3.63) is 41.2 Å². The molecule has 0 spiro atoms. The van der Waals surface area contributed by atoms with E-state index in [0.717, 1.165) is 26.2 Å². The van der Waals surface area contributed by atoms with Crippen LogP contribution in [0.15, 0.2) is 29.2 Å². The third-order valence-electron chi connectivity index (χ3n) is 4.75. The number of aryl methyl sites for hydroxylation is 2. The summed E-state index contributed by atoms with van der Waals surface area (Å²) in [6.45, 7) is 7.36. The molecule has 0 bridgehead atoms. The third-order valence-corrected chi connectivity index (χ3v) is 6.39. The van der Waals surface area contributed by atoms with E-state index in [1.54, 1.807) is 38.1 Å². The fourth-order valence-electron chi connectivity index (χ4n) is 3.17. The maximum atomic E-state index is 12.6. The molecule has 2 heterocycles. The molecule has 1 saturated heterocycles. The monoisotopic (exact) mass is 391 g/mol. The number of benzene rings is 1. The minimum atomic E-state index is -3.73. The molecular formula is C18H25N5O3S. The summed E-state index contributed by atoms with van der Waals surface area (Å²) >= 11 is 0. The molecule has 1 aromatic carbocycles. The van der Waals surface area contributed by atoms with Crippen LogP contribution >= 0.6 is 0 Å². The second kappa shape index (κ2) is 7.79. The van der Waals surface area contributed by atoms with Gasteiger partial charge >= 0.3 is 0 Å². The van der Waals surface area contributed by atoms with E-state index in [9.17, 15) is 13.2 Å². The van der Waals surface area contributed by atoms with Gasteiger partial charge in [-0.2, -0.15) is 5.10 Å². The average Bonchev–Trinajstić information content (AvgIpc) is 2.96. The molecule has 146 valence electrons. The Morgan fingerprint density at radius 1 is 1.15 bits per heavy atom. The molecule has 0 aliphatic carbocycles. The maximum absolute atomic E-state index is 12.6. The molecule has 3 rings (SSSR count). The number of H-pyrrole nitrogens is 1. The number of Topliss-reactive ketones (excluding diaryl/α,β-unsaturated/α-hetero) is 1. The molecule has 2 aromatic rings. The summed E-state index contributed by atoms with van der Waals surface area (Å²) in [4.78, 5) is 17.0. The second-order valence-electron chi connectivity index (χ2n) is 6.95. The minimum Gasteiger partial charge on any atom is -0.304 e. The van der Waals surface area contributed by atoms with Gasteiger partial charge in [-0.3, -0.25) is 19.5 Å². The number of anilines is 1. The Labute approximate surface area is 159 Å². The number of rotatable bonds is 6. The topological polar surface area (TPSA) is 98.4 Å². The van der Waals surface area contributed by atoms with Gasteiger partial charge in [0.05, 0.1) is 17.9 Å². The van der Waals surface area contributed by atoms with Crippen molar-refractivity contribution in [3.8, 4) is 0 Å². The predicted octanol–water partition coefficient (Wildman–Crippen LogP) is 1.26. The summed E-state index contributed by atoms with van der Waals surface area (Å²) in [5, 5.41) is 6.60. The first-order valence-electron chi connectivity index (χ1n) is 8.85. The molecular weight excluding hydrogens is 366 g/mol. The predicted molar refractivity (Wildman–Crippen MR) is 104 cm³/mol. The SMILES string of the molecule is Cc1n[nH]c(C)c1S(=O)(=O)Nc1ccc(C(=O)CN2CCN(C)CC2)cc1. The average molecular weight is 391 g/mol. The van der Waals surface area contributed by atoms with E-state index in [2.05, 4.69) is 31.8 Å². The molecule has 27 heavy (non-hydrogen) atoms. The molecule has 0 saturated carbocycles. The number of carbonyl (C=O) groups is 1. The first-order valence-corrected chi connectivity index (χ1v) is 10.3. The molecule has 0 unspecified atom stereocenters. The van der Waals surface area contributed by atoms with Gasteiger partial charge < -0.3 is 4.90 Å². The number of hydrogen-bond acceptors (Lipinski definition) is 6. The maximum Gasteiger partial charge on any atom is 0.265 e. The fraction of sp³-hybridized carbons (Fsp3) is 0.444. The lowest BCUT2D eigenvalue weighted by molar-refractivity contribution is 0.0876. The Bertz CT molecular complexity index is 893. The lowest BCUT2D eigenvalue weighted by Gasteiger charge is -2.31. The summed E-state index contributed by atoms with van der Waals surface area (Å²) in [6.07, 6.45) is 0. The van der Waals surface area contributed by atoms with E-state index in [-0.39, 0.29) is 10.7 Å². The number of hydrogen-bond donors (Lipinski definition) is 2. The van der Waals surface area contributed by atoms with Crippen LogP contribution in [0.2, 0.25) is 0 Å². The van der Waals surface area contributed by atoms with Gasteiger partial charge in [0.25, 0.3) is 10.0 Å². The molecule has 1 fully saturated rings. The quantitative estimate of drug-likeness (QED) is 0.720. The molecule has 2 N–H and O–H groups in total. The summed E-state index contributed by atoms with van der Waals surface area (Å²) in [5.74, 6) is 0.0375. The molecule has 1 aliphatic heterocycles. The van der Waals surface area contributed by atoms with E-state index in [4.69, 9.17) is 0 Å². The van der Waals surface area contributed by atoms with Crippen LogP contribution in [0.1, 0.15) is 21.7 Å². The zero-order valence-corrected chi connectivity index (χ0v) is 16.6. The Morgan fingerprint density at radius 2 is 1.78 bits per heavy atom. The van der Waals surface area contributed by atoms with E-state index in [1.165, 1.54) is 0 Å². The van der Waals surface area contributed by atoms with Crippen molar-refractivity contribution in [1.82, 2.24) is 20.0 Å². The van der Waals surface area contributed by atoms with E-state index in [0.29, 0.717) is 29.2 Å². The van der Waals surface area contributed by atoms with Crippen molar-refractivity contribution in [2.75, 3.05) is 44.5 Å². The van der Waals surface area contributed by atoms with Gasteiger partial charge in [-0.1, -0.05) is 0 Å². The Morgan fingerprint density at radius 3 is 2.33 bits per heavy atom. The lowest BCUT2D eigenvalue weighted by Crippen LogP contribution is -2.46. The number of nitrogens with one attached hydrogen (secondary N) is 2. The van der Waals surface area contributed by atoms with Gasteiger partial charge in [0.1, 0.15) is 4.90 Å². The first-order chi connectivity index (χ1) is 12.8. The summed E-state index contributed by atoms with van der Waals surface area (Å²) in [6, 6.07) is 6.54. The third kappa shape index (κ3) is 4.55. The number of nitrogens with zero attached hydrogens (tertiary/aromatic N) is 3. The number of carbonyl (C=O) groups excluding carboxylic acids is 1. The highest BCUT2D eigenvalue weighted by molar-refractivity contribution is 7.92. The van der Waals surface area contributed by atoms with Crippen molar-refractivity contribution < 1.29 is 13.2 Å². The minimum absolute atomic E-state index is 0.0375. The van der Waals surface area contributed by atoms with Gasteiger partial charge in [0.15, 0.2) is 5.78 Å². The second-order valence-corrected chi connectivity index (χ2v) is 8.57. The number of aromatic amines is 1. The van der Waals surface area contributed by atoms with Crippen LogP contribution in [0.4, 0.5) is 5.69 Å². The number of ketones is 1.